The second kappa shape index (κ2) is 6.55. The number of aryl methyl sites for hydroxylation is 1. The fourth-order valence-electron chi connectivity index (χ4n) is 2.02. The lowest BCUT2D eigenvalue weighted by Gasteiger charge is -2.15. The summed E-state index contributed by atoms with van der Waals surface area (Å²) in [6, 6.07) is 10.7. The molecule has 0 saturated heterocycles. The number of rotatable bonds is 5. The molecular weight excluding hydrogens is 322 g/mol. The third kappa shape index (κ3) is 3.38. The number of benzene rings is 1. The van der Waals surface area contributed by atoms with Gasteiger partial charge in [-0.05, 0) is 60.6 Å². The molecule has 1 unspecified atom stereocenters. The summed E-state index contributed by atoms with van der Waals surface area (Å²) in [7, 11) is 1.99. The van der Waals surface area contributed by atoms with Gasteiger partial charge in [0.2, 0.25) is 0 Å². The standard InChI is InChI=1S/C15H18BrNOS/c1-4-18-12-7-5-11(6-8-12)15(17-3)14-9-13(16)10(2)19-14/h5-9,15,17H,4H2,1-3H3. The Labute approximate surface area is 126 Å². The van der Waals surface area contributed by atoms with Gasteiger partial charge >= 0.3 is 0 Å². The number of thiophene rings is 1. The molecule has 1 aromatic heterocycles. The lowest BCUT2D eigenvalue weighted by molar-refractivity contribution is 0.340. The molecule has 0 amide bonds. The van der Waals surface area contributed by atoms with Gasteiger partial charge in [0, 0.05) is 14.2 Å². The first-order valence-electron chi connectivity index (χ1n) is 6.31. The van der Waals surface area contributed by atoms with Gasteiger partial charge in [-0.15, -0.1) is 11.3 Å². The molecule has 2 aromatic rings. The van der Waals surface area contributed by atoms with Gasteiger partial charge in [0.1, 0.15) is 5.75 Å². The van der Waals surface area contributed by atoms with Crippen molar-refractivity contribution in [2.45, 2.75) is 19.9 Å². The van der Waals surface area contributed by atoms with E-state index in [1.807, 2.05) is 37.4 Å². The molecule has 1 atom stereocenters. The third-order valence-corrected chi connectivity index (χ3v) is 5.18. The Morgan fingerprint density at radius 3 is 2.47 bits per heavy atom. The molecule has 4 heteroatoms. The molecule has 102 valence electrons. The first kappa shape index (κ1) is 14.6. The highest BCUT2D eigenvalue weighted by Gasteiger charge is 2.15. The lowest BCUT2D eigenvalue weighted by atomic mass is 10.1. The van der Waals surface area contributed by atoms with Crippen LogP contribution < -0.4 is 10.1 Å². The van der Waals surface area contributed by atoms with Crippen molar-refractivity contribution in [3.8, 4) is 5.75 Å². The highest BCUT2D eigenvalue weighted by molar-refractivity contribution is 9.10. The minimum Gasteiger partial charge on any atom is -0.494 e. The van der Waals surface area contributed by atoms with Crippen LogP contribution in [0.15, 0.2) is 34.8 Å². The molecule has 0 radical (unpaired) electrons. The molecule has 0 fully saturated rings. The predicted octanol–water partition coefficient (Wildman–Crippen LogP) is 4.53. The molecule has 1 heterocycles. The molecule has 2 nitrogen and oxygen atoms in total. The minimum absolute atomic E-state index is 0.227. The van der Waals surface area contributed by atoms with Crippen molar-refractivity contribution in [2.24, 2.45) is 0 Å². The van der Waals surface area contributed by atoms with Crippen LogP contribution in [0.3, 0.4) is 0 Å². The molecule has 0 saturated carbocycles. The topological polar surface area (TPSA) is 21.3 Å². The van der Waals surface area contributed by atoms with Gasteiger partial charge < -0.3 is 10.1 Å². The highest BCUT2D eigenvalue weighted by Crippen LogP contribution is 2.34. The maximum absolute atomic E-state index is 5.48. The van der Waals surface area contributed by atoms with E-state index in [4.69, 9.17) is 4.74 Å². The van der Waals surface area contributed by atoms with Gasteiger partial charge in [-0.3, -0.25) is 0 Å². The summed E-state index contributed by atoms with van der Waals surface area (Å²) >= 11 is 5.40. The van der Waals surface area contributed by atoms with E-state index in [-0.39, 0.29) is 6.04 Å². The second-order valence-electron chi connectivity index (χ2n) is 4.28. The minimum atomic E-state index is 0.227. The Bertz CT molecular complexity index is 516. The van der Waals surface area contributed by atoms with Gasteiger partial charge in [-0.2, -0.15) is 0 Å². The van der Waals surface area contributed by atoms with E-state index in [9.17, 15) is 0 Å². The predicted molar refractivity (Wildman–Crippen MR) is 85.3 cm³/mol. The van der Waals surface area contributed by atoms with Crippen molar-refractivity contribution >= 4 is 27.3 Å². The van der Waals surface area contributed by atoms with Crippen LogP contribution in [0.2, 0.25) is 0 Å². The number of hydrogen-bond acceptors (Lipinski definition) is 3. The van der Waals surface area contributed by atoms with Gasteiger partial charge in [0.25, 0.3) is 0 Å². The van der Waals surface area contributed by atoms with E-state index >= 15 is 0 Å². The van der Waals surface area contributed by atoms with Crippen LogP contribution in [0.25, 0.3) is 0 Å². The quantitative estimate of drug-likeness (QED) is 0.864. The number of nitrogens with one attached hydrogen (secondary N) is 1. The monoisotopic (exact) mass is 339 g/mol. The van der Waals surface area contributed by atoms with Gasteiger partial charge in [0.15, 0.2) is 0 Å². The summed E-state index contributed by atoms with van der Waals surface area (Å²) in [6.45, 7) is 4.82. The van der Waals surface area contributed by atoms with Crippen molar-refractivity contribution in [3.63, 3.8) is 0 Å². The number of hydrogen-bond donors (Lipinski definition) is 1. The summed E-state index contributed by atoms with van der Waals surface area (Å²) in [4.78, 5) is 2.62. The SMILES string of the molecule is CCOc1ccc(C(NC)c2cc(Br)c(C)s2)cc1. The molecule has 1 aromatic carbocycles. The first-order valence-corrected chi connectivity index (χ1v) is 7.92. The Hall–Kier alpha value is -0.840. The summed E-state index contributed by atoms with van der Waals surface area (Å²) < 4.78 is 6.66. The van der Waals surface area contributed by atoms with Crippen LogP contribution in [0.4, 0.5) is 0 Å². The van der Waals surface area contributed by atoms with Crippen molar-refractivity contribution in [1.82, 2.24) is 5.32 Å². The Morgan fingerprint density at radius 2 is 2.00 bits per heavy atom. The van der Waals surface area contributed by atoms with E-state index in [1.54, 1.807) is 0 Å². The van der Waals surface area contributed by atoms with Crippen LogP contribution in [-0.4, -0.2) is 13.7 Å². The molecule has 0 spiro atoms. The van der Waals surface area contributed by atoms with Crippen LogP contribution in [0.5, 0.6) is 5.75 Å². The Balaban J connectivity index is 2.26. The molecule has 1 N–H and O–H groups in total. The number of ether oxygens (including phenoxy) is 1. The average molecular weight is 340 g/mol. The van der Waals surface area contributed by atoms with E-state index in [2.05, 4.69) is 46.4 Å². The highest BCUT2D eigenvalue weighted by atomic mass is 79.9. The molecule has 19 heavy (non-hydrogen) atoms. The summed E-state index contributed by atoms with van der Waals surface area (Å²) in [5, 5.41) is 3.38. The Kier molecular flexibility index (Phi) is 5.02. The zero-order chi connectivity index (χ0) is 13.8. The van der Waals surface area contributed by atoms with Crippen molar-refractivity contribution in [1.29, 1.82) is 0 Å². The zero-order valence-corrected chi connectivity index (χ0v) is 13.8. The maximum atomic E-state index is 5.48. The molecule has 0 aliphatic carbocycles. The molecular formula is C15H18BrNOS. The summed E-state index contributed by atoms with van der Waals surface area (Å²) in [5.74, 6) is 0.921. The van der Waals surface area contributed by atoms with E-state index in [1.165, 1.54) is 19.8 Å². The third-order valence-electron chi connectivity index (χ3n) is 2.97. The Morgan fingerprint density at radius 1 is 1.32 bits per heavy atom. The summed E-state index contributed by atoms with van der Waals surface area (Å²) in [6.07, 6.45) is 0. The van der Waals surface area contributed by atoms with Gasteiger partial charge in [0.05, 0.1) is 12.6 Å². The van der Waals surface area contributed by atoms with E-state index in [0.29, 0.717) is 6.61 Å². The van der Waals surface area contributed by atoms with Crippen molar-refractivity contribution in [2.75, 3.05) is 13.7 Å². The van der Waals surface area contributed by atoms with Gasteiger partial charge in [-0.1, -0.05) is 12.1 Å². The molecule has 0 aliphatic rings. The number of halogens is 1. The fraction of sp³-hybridized carbons (Fsp3) is 0.333. The summed E-state index contributed by atoms with van der Waals surface area (Å²) in [5.41, 5.74) is 1.25. The normalized spacial score (nSPS) is 12.4. The van der Waals surface area contributed by atoms with Crippen LogP contribution in [0.1, 0.15) is 28.3 Å². The molecule has 0 bridgehead atoms. The zero-order valence-electron chi connectivity index (χ0n) is 11.4. The molecule has 0 aliphatic heterocycles. The van der Waals surface area contributed by atoms with E-state index in [0.717, 1.165) is 5.75 Å². The van der Waals surface area contributed by atoms with Crippen LogP contribution in [-0.2, 0) is 0 Å². The van der Waals surface area contributed by atoms with Crippen molar-refractivity contribution < 1.29 is 4.74 Å². The second-order valence-corrected chi connectivity index (χ2v) is 6.42. The van der Waals surface area contributed by atoms with Crippen LogP contribution in [0, 0.1) is 6.92 Å². The fourth-order valence-corrected chi connectivity index (χ4v) is 3.72. The first-order chi connectivity index (χ1) is 9.15. The molecule has 2 rings (SSSR count). The van der Waals surface area contributed by atoms with E-state index < -0.39 is 0 Å². The average Bonchev–Trinajstić information content (AvgIpc) is 2.73. The lowest BCUT2D eigenvalue weighted by Crippen LogP contribution is -2.16. The smallest absolute Gasteiger partial charge is 0.119 e. The van der Waals surface area contributed by atoms with Gasteiger partial charge in [-0.25, -0.2) is 0 Å². The maximum Gasteiger partial charge on any atom is 0.119 e. The largest absolute Gasteiger partial charge is 0.494 e. The van der Waals surface area contributed by atoms with Crippen LogP contribution >= 0.6 is 27.3 Å². The van der Waals surface area contributed by atoms with Crippen molar-refractivity contribution in [3.05, 3.63) is 50.1 Å².